The first kappa shape index (κ1) is 12.7. The summed E-state index contributed by atoms with van der Waals surface area (Å²) < 4.78 is 0. The van der Waals surface area contributed by atoms with Gasteiger partial charge in [-0.2, -0.15) is 0 Å². The Morgan fingerprint density at radius 3 is 2.86 bits per heavy atom. The standard InChI is InChI=1S/C18H20N2O/c19-12-4-1-3-11(9-12)17-15-5-2-8-20-18(15)14-7-6-13(21)10-16(14)17/h1,3-4,6-7,9-10,15,17-18,20-21H,2,5,8,19H2. The van der Waals surface area contributed by atoms with E-state index in [0.29, 0.717) is 23.6 Å². The van der Waals surface area contributed by atoms with E-state index < -0.39 is 0 Å². The van der Waals surface area contributed by atoms with E-state index in [2.05, 4.69) is 23.5 Å². The molecule has 1 saturated heterocycles. The first-order valence-corrected chi connectivity index (χ1v) is 7.65. The number of phenols is 1. The van der Waals surface area contributed by atoms with Crippen LogP contribution in [0.1, 0.15) is 41.5 Å². The number of phenolic OH excluding ortho intramolecular Hbond substituents is 1. The number of fused-ring (bicyclic) bond motifs is 3. The minimum Gasteiger partial charge on any atom is -0.508 e. The molecule has 108 valence electrons. The molecule has 0 saturated carbocycles. The van der Waals surface area contributed by atoms with Crippen LogP contribution in [0.4, 0.5) is 5.69 Å². The van der Waals surface area contributed by atoms with Crippen molar-refractivity contribution >= 4 is 5.69 Å². The van der Waals surface area contributed by atoms with Crippen LogP contribution in [0.3, 0.4) is 0 Å². The lowest BCUT2D eigenvalue weighted by Crippen LogP contribution is -2.32. The Kier molecular flexibility index (Phi) is 2.89. The SMILES string of the molecule is Nc1cccc(C2c3cc(O)ccc3C3NCCCC32)c1. The summed E-state index contributed by atoms with van der Waals surface area (Å²) in [4.78, 5) is 0. The average molecular weight is 280 g/mol. The van der Waals surface area contributed by atoms with Crippen LogP contribution >= 0.6 is 0 Å². The Labute approximate surface area is 124 Å². The van der Waals surface area contributed by atoms with E-state index in [0.717, 1.165) is 12.2 Å². The highest BCUT2D eigenvalue weighted by molar-refractivity contribution is 5.52. The monoisotopic (exact) mass is 280 g/mol. The largest absolute Gasteiger partial charge is 0.508 e. The summed E-state index contributed by atoms with van der Waals surface area (Å²) in [6.07, 6.45) is 2.42. The number of nitrogen functional groups attached to an aromatic ring is 1. The van der Waals surface area contributed by atoms with Gasteiger partial charge >= 0.3 is 0 Å². The molecule has 2 aliphatic rings. The predicted molar refractivity (Wildman–Crippen MR) is 84.3 cm³/mol. The summed E-state index contributed by atoms with van der Waals surface area (Å²) in [5.74, 6) is 1.23. The zero-order chi connectivity index (χ0) is 14.4. The Morgan fingerprint density at radius 2 is 2.00 bits per heavy atom. The van der Waals surface area contributed by atoms with Gasteiger partial charge < -0.3 is 16.2 Å². The Morgan fingerprint density at radius 1 is 1.10 bits per heavy atom. The van der Waals surface area contributed by atoms with Gasteiger partial charge in [0.25, 0.3) is 0 Å². The molecular weight excluding hydrogens is 260 g/mol. The third-order valence-corrected chi connectivity index (χ3v) is 4.95. The Hall–Kier alpha value is -2.00. The summed E-state index contributed by atoms with van der Waals surface area (Å²) in [7, 11) is 0. The van der Waals surface area contributed by atoms with Crippen molar-refractivity contribution in [3.8, 4) is 5.75 Å². The summed E-state index contributed by atoms with van der Waals surface area (Å²) >= 11 is 0. The van der Waals surface area contributed by atoms with Crippen molar-refractivity contribution in [2.24, 2.45) is 5.92 Å². The van der Waals surface area contributed by atoms with Gasteiger partial charge in [0.2, 0.25) is 0 Å². The van der Waals surface area contributed by atoms with E-state index in [4.69, 9.17) is 5.73 Å². The van der Waals surface area contributed by atoms with Gasteiger partial charge in [0.05, 0.1) is 0 Å². The number of piperidine rings is 1. The van der Waals surface area contributed by atoms with E-state index in [9.17, 15) is 5.11 Å². The van der Waals surface area contributed by atoms with Crippen molar-refractivity contribution in [3.05, 3.63) is 59.2 Å². The number of benzene rings is 2. The van der Waals surface area contributed by atoms with Gasteiger partial charge in [-0.05, 0) is 66.3 Å². The maximum Gasteiger partial charge on any atom is 0.115 e. The van der Waals surface area contributed by atoms with Gasteiger partial charge in [-0.25, -0.2) is 0 Å². The van der Waals surface area contributed by atoms with Gasteiger partial charge in [0.15, 0.2) is 0 Å². The highest BCUT2D eigenvalue weighted by Gasteiger charge is 2.42. The lowest BCUT2D eigenvalue weighted by Gasteiger charge is -2.31. The molecule has 2 aromatic rings. The van der Waals surface area contributed by atoms with Crippen molar-refractivity contribution in [1.29, 1.82) is 0 Å². The van der Waals surface area contributed by atoms with Crippen molar-refractivity contribution in [1.82, 2.24) is 5.32 Å². The smallest absolute Gasteiger partial charge is 0.115 e. The molecule has 4 rings (SSSR count). The minimum atomic E-state index is 0.327. The summed E-state index contributed by atoms with van der Waals surface area (Å²) in [5, 5.41) is 13.6. The van der Waals surface area contributed by atoms with Crippen LogP contribution in [-0.2, 0) is 0 Å². The first-order chi connectivity index (χ1) is 10.2. The van der Waals surface area contributed by atoms with Gasteiger partial charge in [0, 0.05) is 17.6 Å². The van der Waals surface area contributed by atoms with Crippen LogP contribution in [-0.4, -0.2) is 11.7 Å². The minimum absolute atomic E-state index is 0.327. The van der Waals surface area contributed by atoms with Gasteiger partial charge in [-0.15, -0.1) is 0 Å². The fourth-order valence-electron chi connectivity index (χ4n) is 4.14. The van der Waals surface area contributed by atoms with Gasteiger partial charge in [-0.1, -0.05) is 18.2 Å². The fourth-order valence-corrected chi connectivity index (χ4v) is 4.14. The number of hydrogen-bond donors (Lipinski definition) is 3. The topological polar surface area (TPSA) is 58.3 Å². The predicted octanol–water partition coefficient (Wildman–Crippen LogP) is 3.16. The summed E-state index contributed by atoms with van der Waals surface area (Å²) in [6.45, 7) is 1.07. The molecule has 1 aliphatic carbocycles. The van der Waals surface area contributed by atoms with Crippen LogP contribution in [0.2, 0.25) is 0 Å². The highest BCUT2D eigenvalue weighted by Crippen LogP contribution is 2.52. The molecule has 3 unspecified atom stereocenters. The fraction of sp³-hybridized carbons (Fsp3) is 0.333. The lowest BCUT2D eigenvalue weighted by atomic mass is 9.80. The first-order valence-electron chi connectivity index (χ1n) is 7.65. The van der Waals surface area contributed by atoms with Crippen molar-refractivity contribution in [3.63, 3.8) is 0 Å². The number of nitrogens with one attached hydrogen (secondary N) is 1. The molecule has 3 atom stereocenters. The number of rotatable bonds is 1. The van der Waals surface area contributed by atoms with Gasteiger partial charge in [-0.3, -0.25) is 0 Å². The van der Waals surface area contributed by atoms with E-state index in [1.54, 1.807) is 6.07 Å². The molecule has 0 radical (unpaired) electrons. The third-order valence-electron chi connectivity index (χ3n) is 4.95. The molecule has 2 aromatic carbocycles. The zero-order valence-corrected chi connectivity index (χ0v) is 11.9. The normalized spacial score (nSPS) is 27.1. The number of anilines is 1. The molecule has 0 spiro atoms. The molecule has 0 amide bonds. The molecule has 0 aromatic heterocycles. The molecule has 1 heterocycles. The molecule has 4 N–H and O–H groups in total. The van der Waals surface area contributed by atoms with Crippen LogP contribution in [0, 0.1) is 5.92 Å². The van der Waals surface area contributed by atoms with E-state index in [1.165, 1.54) is 29.5 Å². The zero-order valence-electron chi connectivity index (χ0n) is 11.9. The van der Waals surface area contributed by atoms with E-state index in [1.807, 2.05) is 18.2 Å². The quantitative estimate of drug-likeness (QED) is 0.703. The number of hydrogen-bond acceptors (Lipinski definition) is 3. The van der Waals surface area contributed by atoms with Crippen molar-refractivity contribution < 1.29 is 5.11 Å². The molecule has 3 nitrogen and oxygen atoms in total. The van der Waals surface area contributed by atoms with Crippen LogP contribution in [0.25, 0.3) is 0 Å². The van der Waals surface area contributed by atoms with Crippen molar-refractivity contribution in [2.75, 3.05) is 12.3 Å². The maximum atomic E-state index is 9.90. The molecule has 21 heavy (non-hydrogen) atoms. The van der Waals surface area contributed by atoms with Crippen LogP contribution in [0.15, 0.2) is 42.5 Å². The van der Waals surface area contributed by atoms with Gasteiger partial charge in [0.1, 0.15) is 5.75 Å². The highest BCUT2D eigenvalue weighted by atomic mass is 16.3. The average Bonchev–Trinajstić information content (AvgIpc) is 2.80. The molecular formula is C18H20N2O. The third kappa shape index (κ3) is 2.00. The summed E-state index contributed by atoms with van der Waals surface area (Å²) in [5.41, 5.74) is 10.6. The molecule has 1 aliphatic heterocycles. The van der Waals surface area contributed by atoms with Crippen LogP contribution in [0.5, 0.6) is 5.75 Å². The molecule has 0 bridgehead atoms. The van der Waals surface area contributed by atoms with E-state index in [-0.39, 0.29) is 0 Å². The maximum absolute atomic E-state index is 9.90. The lowest BCUT2D eigenvalue weighted by molar-refractivity contribution is 0.287. The Bertz CT molecular complexity index is 683. The second-order valence-corrected chi connectivity index (χ2v) is 6.20. The molecule has 1 fully saturated rings. The summed E-state index contributed by atoms with van der Waals surface area (Å²) in [6, 6.07) is 14.4. The number of aromatic hydroxyl groups is 1. The van der Waals surface area contributed by atoms with Crippen molar-refractivity contribution in [2.45, 2.75) is 24.8 Å². The van der Waals surface area contributed by atoms with E-state index >= 15 is 0 Å². The second kappa shape index (κ2) is 4.78. The molecule has 3 heteroatoms. The Balaban J connectivity index is 1.87. The van der Waals surface area contributed by atoms with Crippen LogP contribution < -0.4 is 11.1 Å². The number of nitrogens with two attached hydrogens (primary N) is 1. The second-order valence-electron chi connectivity index (χ2n) is 6.20.